The number of nitrogens with one attached hydrogen (secondary N) is 2. The molecule has 1 unspecified atom stereocenters. The molecule has 6 nitrogen and oxygen atoms in total. The van der Waals surface area contributed by atoms with E-state index in [4.69, 9.17) is 4.52 Å². The predicted molar refractivity (Wildman–Crippen MR) is 93.9 cm³/mol. The van der Waals surface area contributed by atoms with Crippen LogP contribution in [0.5, 0.6) is 0 Å². The highest BCUT2D eigenvalue weighted by atomic mass is 16.5. The van der Waals surface area contributed by atoms with E-state index in [0.717, 1.165) is 11.1 Å². The fraction of sp³-hybridized carbons (Fsp3) is 0.211. The van der Waals surface area contributed by atoms with Crippen LogP contribution in [-0.4, -0.2) is 23.1 Å². The van der Waals surface area contributed by atoms with Crippen LogP contribution in [0.1, 0.15) is 33.7 Å². The van der Waals surface area contributed by atoms with Gasteiger partial charge in [0.1, 0.15) is 0 Å². The van der Waals surface area contributed by atoms with Gasteiger partial charge in [-0.2, -0.15) is 4.98 Å². The fourth-order valence-electron chi connectivity index (χ4n) is 2.53. The zero-order valence-electron chi connectivity index (χ0n) is 14.0. The van der Waals surface area contributed by atoms with E-state index in [0.29, 0.717) is 18.9 Å². The minimum Gasteiger partial charge on any atom is -0.345 e. The molecule has 2 N–H and O–H groups in total. The van der Waals surface area contributed by atoms with Crippen LogP contribution in [0.2, 0.25) is 0 Å². The Kier molecular flexibility index (Phi) is 5.53. The molecule has 1 atom stereocenters. The molecule has 1 amide bonds. The smallest absolute Gasteiger partial charge is 0.292 e. The van der Waals surface area contributed by atoms with Gasteiger partial charge in [0.2, 0.25) is 5.89 Å². The van der Waals surface area contributed by atoms with Gasteiger partial charge in [-0.05, 0) is 18.2 Å². The molecule has 0 aliphatic rings. The van der Waals surface area contributed by atoms with Crippen LogP contribution in [0.4, 0.5) is 0 Å². The number of rotatable bonds is 7. The molecule has 1 heterocycles. The normalized spacial score (nSPS) is 11.9. The van der Waals surface area contributed by atoms with E-state index in [-0.39, 0.29) is 17.8 Å². The third-order valence-corrected chi connectivity index (χ3v) is 3.90. The summed E-state index contributed by atoms with van der Waals surface area (Å²) in [5.74, 6) is 0.126. The molecule has 0 saturated carbocycles. The fourth-order valence-corrected chi connectivity index (χ4v) is 2.53. The van der Waals surface area contributed by atoms with Crippen LogP contribution < -0.4 is 10.6 Å². The Morgan fingerprint density at radius 3 is 2.44 bits per heavy atom. The van der Waals surface area contributed by atoms with E-state index in [9.17, 15) is 4.79 Å². The molecular formula is C19H20N4O2. The van der Waals surface area contributed by atoms with Crippen molar-refractivity contribution in [3.8, 4) is 0 Å². The summed E-state index contributed by atoms with van der Waals surface area (Å²) in [6.07, 6.45) is 0.513. The zero-order valence-corrected chi connectivity index (χ0v) is 14.0. The number of amides is 1. The number of hydrogen-bond donors (Lipinski definition) is 2. The van der Waals surface area contributed by atoms with Crippen molar-refractivity contribution < 1.29 is 9.32 Å². The van der Waals surface area contributed by atoms with E-state index in [2.05, 4.69) is 20.8 Å². The largest absolute Gasteiger partial charge is 0.345 e. The number of benzene rings is 2. The van der Waals surface area contributed by atoms with Crippen LogP contribution in [0.25, 0.3) is 0 Å². The summed E-state index contributed by atoms with van der Waals surface area (Å²) >= 11 is 0. The minimum atomic E-state index is -0.348. The van der Waals surface area contributed by atoms with Gasteiger partial charge in [-0.1, -0.05) is 65.8 Å². The predicted octanol–water partition coefficient (Wildman–Crippen LogP) is 2.50. The minimum absolute atomic E-state index is 0.0434. The van der Waals surface area contributed by atoms with Gasteiger partial charge in [-0.3, -0.25) is 4.79 Å². The second-order valence-corrected chi connectivity index (χ2v) is 5.64. The summed E-state index contributed by atoms with van der Waals surface area (Å²) < 4.78 is 5.23. The van der Waals surface area contributed by atoms with Crippen LogP contribution in [0.15, 0.2) is 65.2 Å². The second-order valence-electron chi connectivity index (χ2n) is 5.64. The average molecular weight is 336 g/mol. The van der Waals surface area contributed by atoms with E-state index in [1.165, 1.54) is 0 Å². The van der Waals surface area contributed by atoms with Crippen molar-refractivity contribution in [2.24, 2.45) is 0 Å². The first-order valence-corrected chi connectivity index (χ1v) is 8.13. The molecular weight excluding hydrogens is 316 g/mol. The molecule has 0 radical (unpaired) electrons. The van der Waals surface area contributed by atoms with Gasteiger partial charge in [-0.25, -0.2) is 0 Å². The molecule has 2 aromatic carbocycles. The van der Waals surface area contributed by atoms with Gasteiger partial charge in [-0.15, -0.1) is 0 Å². The third kappa shape index (κ3) is 4.51. The first kappa shape index (κ1) is 16.9. The summed E-state index contributed by atoms with van der Waals surface area (Å²) in [6.45, 7) is 0.423. The molecule has 128 valence electrons. The molecule has 0 spiro atoms. The lowest BCUT2D eigenvalue weighted by Gasteiger charge is -2.13. The Labute approximate surface area is 146 Å². The second kappa shape index (κ2) is 8.21. The molecule has 6 heteroatoms. The van der Waals surface area contributed by atoms with E-state index < -0.39 is 0 Å². The van der Waals surface area contributed by atoms with Crippen LogP contribution in [-0.2, 0) is 13.0 Å². The maximum absolute atomic E-state index is 12.1. The number of likely N-dealkylation sites (N-methyl/N-ethyl adjacent to an activating group) is 1. The molecule has 3 aromatic rings. The van der Waals surface area contributed by atoms with E-state index in [1.807, 2.05) is 67.7 Å². The SMILES string of the molecule is CNC(Cc1nc(C(=O)NCc2ccccc2)no1)c1ccccc1. The lowest BCUT2D eigenvalue weighted by molar-refractivity contribution is 0.0937. The summed E-state index contributed by atoms with van der Waals surface area (Å²) in [4.78, 5) is 16.4. The van der Waals surface area contributed by atoms with Crippen LogP contribution in [0.3, 0.4) is 0 Å². The number of aromatic nitrogens is 2. The van der Waals surface area contributed by atoms with Crippen molar-refractivity contribution >= 4 is 5.91 Å². The van der Waals surface area contributed by atoms with Gasteiger partial charge in [0.15, 0.2) is 0 Å². The molecule has 0 bridgehead atoms. The number of carbonyl (C=O) groups is 1. The standard InChI is InChI=1S/C19H20N4O2/c1-20-16(15-10-6-3-7-11-15)12-17-22-18(23-25-17)19(24)21-13-14-8-4-2-5-9-14/h2-11,16,20H,12-13H2,1H3,(H,21,24). The van der Waals surface area contributed by atoms with Crippen molar-refractivity contribution in [2.75, 3.05) is 7.05 Å². The summed E-state index contributed by atoms with van der Waals surface area (Å²) in [5, 5.41) is 9.80. The highest BCUT2D eigenvalue weighted by Crippen LogP contribution is 2.16. The summed E-state index contributed by atoms with van der Waals surface area (Å²) in [7, 11) is 1.88. The van der Waals surface area contributed by atoms with Gasteiger partial charge in [0, 0.05) is 19.0 Å². The first-order valence-electron chi connectivity index (χ1n) is 8.13. The number of hydrogen-bond acceptors (Lipinski definition) is 5. The van der Waals surface area contributed by atoms with Crippen molar-refractivity contribution in [1.82, 2.24) is 20.8 Å². The van der Waals surface area contributed by atoms with Crippen LogP contribution >= 0.6 is 0 Å². The van der Waals surface area contributed by atoms with E-state index in [1.54, 1.807) is 0 Å². The monoisotopic (exact) mass is 336 g/mol. The van der Waals surface area contributed by atoms with E-state index >= 15 is 0 Å². The highest BCUT2D eigenvalue weighted by Gasteiger charge is 2.18. The number of carbonyl (C=O) groups excluding carboxylic acids is 1. The number of nitrogens with zero attached hydrogens (tertiary/aromatic N) is 2. The lowest BCUT2D eigenvalue weighted by atomic mass is 10.0. The van der Waals surface area contributed by atoms with Crippen molar-refractivity contribution in [3.05, 3.63) is 83.5 Å². The molecule has 0 aliphatic carbocycles. The van der Waals surface area contributed by atoms with Gasteiger partial charge in [0.05, 0.1) is 0 Å². The summed E-state index contributed by atoms with van der Waals surface area (Å²) in [6, 6.07) is 19.7. The maximum atomic E-state index is 12.1. The van der Waals surface area contributed by atoms with Crippen molar-refractivity contribution in [2.45, 2.75) is 19.0 Å². The van der Waals surface area contributed by atoms with Crippen molar-refractivity contribution in [1.29, 1.82) is 0 Å². The molecule has 0 saturated heterocycles. The Bertz CT molecular complexity index is 803. The molecule has 3 rings (SSSR count). The Morgan fingerprint density at radius 2 is 1.76 bits per heavy atom. The Morgan fingerprint density at radius 1 is 1.08 bits per heavy atom. The van der Waals surface area contributed by atoms with Gasteiger partial charge >= 0.3 is 0 Å². The Hall–Kier alpha value is -2.99. The average Bonchev–Trinajstić information content (AvgIpc) is 3.14. The van der Waals surface area contributed by atoms with Gasteiger partial charge < -0.3 is 15.2 Å². The topological polar surface area (TPSA) is 80.0 Å². The molecule has 0 fully saturated rings. The summed E-state index contributed by atoms with van der Waals surface area (Å²) in [5.41, 5.74) is 2.14. The Balaban J connectivity index is 1.60. The molecule has 1 aromatic heterocycles. The van der Waals surface area contributed by atoms with Crippen molar-refractivity contribution in [3.63, 3.8) is 0 Å². The molecule has 25 heavy (non-hydrogen) atoms. The first-order chi connectivity index (χ1) is 12.3. The highest BCUT2D eigenvalue weighted by molar-refractivity contribution is 5.90. The maximum Gasteiger partial charge on any atom is 0.292 e. The molecule has 0 aliphatic heterocycles. The lowest BCUT2D eigenvalue weighted by Crippen LogP contribution is -2.24. The van der Waals surface area contributed by atoms with Crippen LogP contribution in [0, 0.1) is 0 Å². The van der Waals surface area contributed by atoms with Gasteiger partial charge in [0.25, 0.3) is 11.7 Å². The third-order valence-electron chi connectivity index (χ3n) is 3.90. The zero-order chi connectivity index (χ0) is 17.5. The quantitative estimate of drug-likeness (QED) is 0.693.